The van der Waals surface area contributed by atoms with Crippen LogP contribution < -0.4 is 5.32 Å². The van der Waals surface area contributed by atoms with E-state index in [4.69, 9.17) is 64.0 Å². The number of halogens is 15. The van der Waals surface area contributed by atoms with Crippen molar-refractivity contribution in [3.8, 4) is 0 Å². The van der Waals surface area contributed by atoms with Crippen molar-refractivity contribution in [3.63, 3.8) is 0 Å². The Kier molecular flexibility index (Phi) is 114. The predicted molar refractivity (Wildman–Crippen MR) is 94.7 cm³/mol. The quantitative estimate of drug-likeness (QED) is 0.271. The molecular weight excluding hydrogens is 493 g/mol. The summed E-state index contributed by atoms with van der Waals surface area (Å²) in [5, 5.41) is 3.50. The molecule has 0 aromatic heterocycles. The van der Waals surface area contributed by atoms with Gasteiger partial charge in [-0.25, -0.2) is 0 Å². The highest BCUT2D eigenvalue weighted by Gasteiger charge is 1.97. The van der Waals surface area contributed by atoms with Crippen LogP contribution in [0.3, 0.4) is 0 Å². The fourth-order valence-electron chi connectivity index (χ4n) is 1.99. The maximum Gasteiger partial charge on any atom is 0.0369 e. The first-order valence-corrected chi connectivity index (χ1v) is 7.72. The molecule has 0 saturated carbocycles. The molecule has 0 radical (unpaired) electrons. The Morgan fingerprint density at radius 2 is 1.09 bits per heavy atom. The molecule has 0 aliphatic heterocycles. The van der Waals surface area contributed by atoms with Crippen LogP contribution in [0.4, 0.5) is 74.4 Å². The standard InChI is InChI=1S/C15H26N2.7F2.FH/c1-4-12-17(3)13-8-7-11-16-15-10-6-5-9-14(15)2;7*1-2;/h5-6,9-10,16H,4,7-8,11-13H2,1-3H3;;;;;;;;1H. The molecule has 202 valence electrons. The highest BCUT2D eigenvalue weighted by atomic mass is 20.0. The molecule has 1 rings (SSSR count). The molecule has 17 heteroatoms. The van der Waals surface area contributed by atoms with Crippen LogP contribution in [0.25, 0.3) is 0 Å². The zero-order valence-corrected chi connectivity index (χ0v) is 17.2. The number of aryl methyl sites for hydroxylation is 1. The van der Waals surface area contributed by atoms with E-state index in [9.17, 15) is 0 Å². The highest BCUT2D eigenvalue weighted by molar-refractivity contribution is 5.49. The second kappa shape index (κ2) is 70.2. The van der Waals surface area contributed by atoms with Gasteiger partial charge in [0.05, 0.1) is 0 Å². The smallest absolute Gasteiger partial charge is 0.0369 e. The van der Waals surface area contributed by atoms with E-state index in [1.807, 2.05) is 0 Å². The maximum atomic E-state index is 8.00. The van der Waals surface area contributed by atoms with E-state index in [0.29, 0.717) is 0 Å². The van der Waals surface area contributed by atoms with Crippen molar-refractivity contribution in [3.05, 3.63) is 29.8 Å². The third-order valence-corrected chi connectivity index (χ3v) is 3.03. The van der Waals surface area contributed by atoms with Gasteiger partial charge in [-0.3, -0.25) is 4.70 Å². The molecule has 1 aromatic carbocycles. The average Bonchev–Trinajstić information content (AvgIpc) is 2.89. The molecular formula is C15H27F15N2. The van der Waals surface area contributed by atoms with Crippen molar-refractivity contribution in [2.24, 2.45) is 0 Å². The normalized spacial score (nSPS) is 7.06. The zero-order valence-electron chi connectivity index (χ0n) is 17.2. The fraction of sp³-hybridized carbons (Fsp3) is 0.600. The summed E-state index contributed by atoms with van der Waals surface area (Å²) in [6.45, 7) is 7.88. The molecule has 0 aliphatic carbocycles. The van der Waals surface area contributed by atoms with Gasteiger partial charge >= 0.3 is 0 Å². The van der Waals surface area contributed by atoms with Gasteiger partial charge in [0, 0.05) is 76.3 Å². The lowest BCUT2D eigenvalue weighted by Gasteiger charge is -2.15. The van der Waals surface area contributed by atoms with Crippen LogP contribution >= 0.6 is 0 Å². The second-order valence-corrected chi connectivity index (χ2v) is 4.75. The minimum absolute atomic E-state index is 0. The number of rotatable bonds is 8. The molecule has 2 nitrogen and oxygen atoms in total. The minimum Gasteiger partial charge on any atom is -0.385 e. The summed E-state index contributed by atoms with van der Waals surface area (Å²) in [6.07, 6.45) is 3.76. The third kappa shape index (κ3) is 51.0. The minimum atomic E-state index is 0. The van der Waals surface area contributed by atoms with Crippen LogP contribution in [0, 0.1) is 6.92 Å². The number of nitrogens with one attached hydrogen (secondary N) is 1. The number of anilines is 1. The topological polar surface area (TPSA) is 15.3 Å². The molecule has 0 bridgehead atoms. The van der Waals surface area contributed by atoms with Gasteiger partial charge in [-0.1, -0.05) is 25.1 Å². The predicted octanol–water partition coefficient (Wildman–Crippen LogP) is 9.56. The Labute approximate surface area is 175 Å². The van der Waals surface area contributed by atoms with Gasteiger partial charge in [0.2, 0.25) is 0 Å². The Morgan fingerprint density at radius 1 is 0.688 bits per heavy atom. The molecule has 0 atom stereocenters. The first-order valence-electron chi connectivity index (χ1n) is 7.72. The van der Waals surface area contributed by atoms with Crippen molar-refractivity contribution in [2.75, 3.05) is 32.0 Å². The van der Waals surface area contributed by atoms with E-state index in [1.165, 1.54) is 43.6 Å². The summed E-state index contributed by atoms with van der Waals surface area (Å²) in [7, 11) is 2.21. The van der Waals surface area contributed by atoms with Crippen molar-refractivity contribution in [1.82, 2.24) is 4.90 Å². The molecule has 0 unspecified atom stereocenters. The second-order valence-electron chi connectivity index (χ2n) is 4.75. The Balaban J connectivity index is -0.0000000547. The molecule has 32 heavy (non-hydrogen) atoms. The average molecular weight is 520 g/mol. The van der Waals surface area contributed by atoms with Crippen LogP contribution in [0.2, 0.25) is 0 Å². The van der Waals surface area contributed by atoms with E-state index >= 15 is 0 Å². The van der Waals surface area contributed by atoms with Gasteiger partial charge in [0.15, 0.2) is 0 Å². The molecule has 0 heterocycles. The number of unbranched alkanes of at least 4 members (excludes halogenated alkanes) is 1. The van der Waals surface area contributed by atoms with Crippen LogP contribution in [0.15, 0.2) is 24.3 Å². The van der Waals surface area contributed by atoms with Crippen molar-refractivity contribution >= 4 is 5.69 Å². The lowest BCUT2D eigenvalue weighted by Crippen LogP contribution is -2.20. The largest absolute Gasteiger partial charge is 0.385 e. The SMILES string of the molecule is CCCN(C)CCCCNc1ccccc1C.F.FF.FF.FF.FF.FF.FF.FF. The number of hydrogen-bond acceptors (Lipinski definition) is 2. The first-order chi connectivity index (χ1) is 15.2. The van der Waals surface area contributed by atoms with Crippen LogP contribution in [-0.4, -0.2) is 31.6 Å². The van der Waals surface area contributed by atoms with Crippen molar-refractivity contribution in [1.29, 1.82) is 0 Å². The van der Waals surface area contributed by atoms with Gasteiger partial charge in [-0.05, 0) is 58.0 Å². The van der Waals surface area contributed by atoms with Crippen molar-refractivity contribution in [2.45, 2.75) is 33.1 Å². The molecule has 0 saturated heterocycles. The molecule has 0 aliphatic rings. The summed E-state index contributed by atoms with van der Waals surface area (Å²) >= 11 is 0. The maximum absolute atomic E-state index is 8.00. The lowest BCUT2D eigenvalue weighted by molar-refractivity contribution is 0.108. The Morgan fingerprint density at radius 3 is 1.47 bits per heavy atom. The van der Waals surface area contributed by atoms with E-state index in [1.54, 1.807) is 0 Å². The molecule has 0 fully saturated rings. The Bertz CT molecular complexity index is 341. The molecule has 0 amide bonds. The fourth-order valence-corrected chi connectivity index (χ4v) is 1.99. The Hall–Kier alpha value is -2.07. The monoisotopic (exact) mass is 520 g/mol. The van der Waals surface area contributed by atoms with E-state index in [2.05, 4.69) is 55.4 Å². The van der Waals surface area contributed by atoms with Crippen molar-refractivity contribution < 1.29 is 68.7 Å². The molecule has 1 aromatic rings. The summed E-state index contributed by atoms with van der Waals surface area (Å²) in [6, 6.07) is 8.47. The molecule has 1 N–H and O–H groups in total. The van der Waals surface area contributed by atoms with Gasteiger partial charge in [0.25, 0.3) is 0 Å². The summed E-state index contributed by atoms with van der Waals surface area (Å²) in [4.78, 5) is 2.41. The highest BCUT2D eigenvalue weighted by Crippen LogP contribution is 2.12. The first kappa shape index (κ1) is 52.1. The lowest BCUT2D eigenvalue weighted by atomic mass is 10.2. The zero-order chi connectivity index (χ0) is 26.5. The van der Waals surface area contributed by atoms with Gasteiger partial charge < -0.3 is 10.2 Å². The van der Waals surface area contributed by atoms with E-state index < -0.39 is 0 Å². The van der Waals surface area contributed by atoms with Gasteiger partial charge in [0.1, 0.15) is 0 Å². The van der Waals surface area contributed by atoms with Crippen LogP contribution in [0.5, 0.6) is 0 Å². The molecule has 0 spiro atoms. The third-order valence-electron chi connectivity index (χ3n) is 3.03. The van der Waals surface area contributed by atoms with E-state index in [0.717, 1.165) is 6.54 Å². The number of para-hydroxylation sites is 1. The number of hydrogen-bond donors (Lipinski definition) is 1. The summed E-state index contributed by atoms with van der Waals surface area (Å²) in [5.41, 5.74) is 2.60. The van der Waals surface area contributed by atoms with Crippen LogP contribution in [-0.2, 0) is 0 Å². The number of benzene rings is 1. The van der Waals surface area contributed by atoms with Gasteiger partial charge in [-0.2, -0.15) is 0 Å². The van der Waals surface area contributed by atoms with E-state index in [-0.39, 0.29) is 4.70 Å². The van der Waals surface area contributed by atoms with Gasteiger partial charge in [-0.15, -0.1) is 0 Å². The van der Waals surface area contributed by atoms with Crippen LogP contribution in [0.1, 0.15) is 31.7 Å². The summed E-state index contributed by atoms with van der Waals surface area (Å²) in [5.74, 6) is 0. The summed E-state index contributed by atoms with van der Waals surface area (Å²) < 4.78 is 112. The number of nitrogens with zero attached hydrogens (tertiary/aromatic N) is 1.